The SMILES string of the molecule is COc1ccccc1-n1c(=O)c2sccc2n(CC(=O)NC(C)CCc2ccccc2)c1=O. The van der Waals surface area contributed by atoms with Crippen molar-refractivity contribution in [2.24, 2.45) is 0 Å². The Morgan fingerprint density at radius 1 is 1.06 bits per heavy atom. The van der Waals surface area contributed by atoms with Gasteiger partial charge in [0, 0.05) is 6.04 Å². The zero-order valence-corrected chi connectivity index (χ0v) is 19.3. The molecule has 0 aliphatic rings. The van der Waals surface area contributed by atoms with Crippen molar-refractivity contribution in [3.63, 3.8) is 0 Å². The monoisotopic (exact) mass is 463 g/mol. The molecular weight excluding hydrogens is 438 g/mol. The molecule has 7 nitrogen and oxygen atoms in total. The topological polar surface area (TPSA) is 82.3 Å². The summed E-state index contributed by atoms with van der Waals surface area (Å²) < 4.78 is 8.18. The quantitative estimate of drug-likeness (QED) is 0.434. The number of hydrogen-bond acceptors (Lipinski definition) is 5. The summed E-state index contributed by atoms with van der Waals surface area (Å²) in [5, 5.41) is 4.72. The van der Waals surface area contributed by atoms with Gasteiger partial charge in [-0.25, -0.2) is 9.36 Å². The Balaban J connectivity index is 1.61. The third-order valence-electron chi connectivity index (χ3n) is 5.50. The molecule has 0 radical (unpaired) electrons. The van der Waals surface area contributed by atoms with Crippen LogP contribution in [0, 0.1) is 0 Å². The molecule has 0 aliphatic carbocycles. The predicted octanol–water partition coefficient (Wildman–Crippen LogP) is 3.36. The van der Waals surface area contributed by atoms with Crippen LogP contribution in [0.3, 0.4) is 0 Å². The molecule has 0 saturated carbocycles. The molecule has 4 aromatic rings. The molecule has 1 atom stereocenters. The van der Waals surface area contributed by atoms with Crippen molar-refractivity contribution >= 4 is 27.5 Å². The van der Waals surface area contributed by atoms with Crippen molar-refractivity contribution in [1.29, 1.82) is 0 Å². The van der Waals surface area contributed by atoms with Crippen molar-refractivity contribution in [2.45, 2.75) is 32.4 Å². The fraction of sp³-hybridized carbons (Fsp3) is 0.240. The average molecular weight is 464 g/mol. The van der Waals surface area contributed by atoms with Crippen LogP contribution >= 0.6 is 11.3 Å². The molecule has 1 N–H and O–H groups in total. The zero-order chi connectivity index (χ0) is 23.4. The van der Waals surface area contributed by atoms with E-state index in [0.29, 0.717) is 21.7 Å². The van der Waals surface area contributed by atoms with Gasteiger partial charge < -0.3 is 10.1 Å². The van der Waals surface area contributed by atoms with Gasteiger partial charge in [0.1, 0.15) is 17.0 Å². The lowest BCUT2D eigenvalue weighted by Crippen LogP contribution is -2.43. The molecule has 2 heterocycles. The number of benzene rings is 2. The van der Waals surface area contributed by atoms with E-state index in [1.165, 1.54) is 28.6 Å². The highest BCUT2D eigenvalue weighted by atomic mass is 32.1. The second-order valence-electron chi connectivity index (χ2n) is 7.81. The largest absolute Gasteiger partial charge is 0.495 e. The van der Waals surface area contributed by atoms with E-state index in [1.807, 2.05) is 25.1 Å². The number of thiophene rings is 1. The number of ether oxygens (including phenoxy) is 1. The normalized spacial score (nSPS) is 11.9. The van der Waals surface area contributed by atoms with Gasteiger partial charge in [-0.05, 0) is 48.9 Å². The van der Waals surface area contributed by atoms with Crippen LogP contribution in [0.5, 0.6) is 5.75 Å². The number of fused-ring (bicyclic) bond motifs is 1. The highest BCUT2D eigenvalue weighted by Crippen LogP contribution is 2.22. The van der Waals surface area contributed by atoms with E-state index >= 15 is 0 Å². The van der Waals surface area contributed by atoms with Crippen molar-refractivity contribution in [3.8, 4) is 11.4 Å². The molecule has 0 saturated heterocycles. The number of nitrogens with zero attached hydrogens (tertiary/aromatic N) is 2. The van der Waals surface area contributed by atoms with E-state index in [9.17, 15) is 14.4 Å². The predicted molar refractivity (Wildman–Crippen MR) is 131 cm³/mol. The van der Waals surface area contributed by atoms with E-state index in [2.05, 4.69) is 17.4 Å². The minimum atomic E-state index is -0.581. The smallest absolute Gasteiger partial charge is 0.336 e. The van der Waals surface area contributed by atoms with Crippen molar-refractivity contribution in [1.82, 2.24) is 14.5 Å². The van der Waals surface area contributed by atoms with Crippen molar-refractivity contribution in [2.75, 3.05) is 7.11 Å². The summed E-state index contributed by atoms with van der Waals surface area (Å²) in [5.74, 6) is 0.119. The van der Waals surface area contributed by atoms with Gasteiger partial charge in [-0.15, -0.1) is 11.3 Å². The maximum absolute atomic E-state index is 13.4. The summed E-state index contributed by atoms with van der Waals surface area (Å²) in [6, 6.07) is 18.5. The lowest BCUT2D eigenvalue weighted by atomic mass is 10.1. The van der Waals surface area contributed by atoms with Crippen molar-refractivity contribution in [3.05, 3.63) is 92.4 Å². The van der Waals surface area contributed by atoms with Crippen LogP contribution in [-0.4, -0.2) is 28.2 Å². The van der Waals surface area contributed by atoms with E-state index in [-0.39, 0.29) is 18.5 Å². The van der Waals surface area contributed by atoms with Crippen LogP contribution in [0.2, 0.25) is 0 Å². The maximum Gasteiger partial charge on any atom is 0.336 e. The van der Waals surface area contributed by atoms with E-state index < -0.39 is 11.2 Å². The molecule has 0 aliphatic heterocycles. The molecule has 1 unspecified atom stereocenters. The Kier molecular flexibility index (Phi) is 6.74. The Bertz CT molecular complexity index is 1390. The third kappa shape index (κ3) is 4.75. The maximum atomic E-state index is 13.4. The van der Waals surface area contributed by atoms with E-state index in [1.54, 1.807) is 35.7 Å². The Hall–Kier alpha value is -3.65. The summed E-state index contributed by atoms with van der Waals surface area (Å²) in [6.45, 7) is 1.76. The highest BCUT2D eigenvalue weighted by Gasteiger charge is 2.20. The van der Waals surface area contributed by atoms with Gasteiger partial charge in [0.25, 0.3) is 5.56 Å². The molecule has 4 rings (SSSR count). The van der Waals surface area contributed by atoms with E-state index in [0.717, 1.165) is 17.4 Å². The first kappa shape index (κ1) is 22.5. The number of amides is 1. The zero-order valence-electron chi connectivity index (χ0n) is 18.5. The highest BCUT2D eigenvalue weighted by molar-refractivity contribution is 7.17. The molecule has 170 valence electrons. The lowest BCUT2D eigenvalue weighted by Gasteiger charge is -2.16. The summed E-state index contributed by atoms with van der Waals surface area (Å²) in [6.07, 6.45) is 1.62. The second kappa shape index (κ2) is 9.87. The van der Waals surface area contributed by atoms with Gasteiger partial charge in [0.15, 0.2) is 0 Å². The summed E-state index contributed by atoms with van der Waals surface area (Å²) >= 11 is 1.24. The number of aryl methyl sites for hydroxylation is 1. The molecule has 2 aromatic carbocycles. The Labute approximate surface area is 194 Å². The fourth-order valence-corrected chi connectivity index (χ4v) is 4.66. The number of hydrogen-bond donors (Lipinski definition) is 1. The summed E-state index contributed by atoms with van der Waals surface area (Å²) in [7, 11) is 1.48. The number of rotatable bonds is 8. The number of para-hydroxylation sites is 2. The number of carbonyl (C=O) groups is 1. The van der Waals surface area contributed by atoms with E-state index in [4.69, 9.17) is 4.74 Å². The van der Waals surface area contributed by atoms with Crippen LogP contribution in [0.1, 0.15) is 18.9 Å². The first-order valence-corrected chi connectivity index (χ1v) is 11.6. The van der Waals surface area contributed by atoms with Gasteiger partial charge >= 0.3 is 5.69 Å². The molecular formula is C25H25N3O4S. The van der Waals surface area contributed by atoms with Gasteiger partial charge in [0.2, 0.25) is 5.91 Å². The minimum Gasteiger partial charge on any atom is -0.495 e. The average Bonchev–Trinajstić information content (AvgIpc) is 3.32. The van der Waals surface area contributed by atoms with Gasteiger partial charge in [-0.2, -0.15) is 0 Å². The summed E-state index contributed by atoms with van der Waals surface area (Å²) in [5.41, 5.74) is 0.993. The Morgan fingerprint density at radius 2 is 1.79 bits per heavy atom. The van der Waals surface area contributed by atoms with Crippen molar-refractivity contribution < 1.29 is 9.53 Å². The molecule has 8 heteroatoms. The minimum absolute atomic E-state index is 0.0634. The molecule has 0 bridgehead atoms. The number of carbonyl (C=O) groups excluding carboxylic acids is 1. The first-order chi connectivity index (χ1) is 16.0. The van der Waals surface area contributed by atoms with Gasteiger partial charge in [-0.1, -0.05) is 42.5 Å². The van der Waals surface area contributed by atoms with Crippen LogP contribution in [0.25, 0.3) is 15.9 Å². The van der Waals surface area contributed by atoms with Crippen LogP contribution in [0.15, 0.2) is 75.6 Å². The molecule has 0 fully saturated rings. The number of methoxy groups -OCH3 is 1. The number of aromatic nitrogens is 2. The third-order valence-corrected chi connectivity index (χ3v) is 6.39. The summed E-state index contributed by atoms with van der Waals surface area (Å²) in [4.78, 5) is 39.3. The fourth-order valence-electron chi connectivity index (χ4n) is 3.83. The first-order valence-electron chi connectivity index (χ1n) is 10.7. The molecule has 0 spiro atoms. The Morgan fingerprint density at radius 3 is 2.55 bits per heavy atom. The standard InChI is InChI=1S/C25H25N3O4S/c1-17(12-13-18-8-4-3-5-9-18)26-22(29)16-27-20-14-15-33-23(20)24(30)28(25(27)31)19-10-6-7-11-21(19)32-2/h3-11,14-15,17H,12-13,16H2,1-2H3,(H,26,29). The van der Waals surface area contributed by atoms with Gasteiger partial charge in [-0.3, -0.25) is 14.2 Å². The van der Waals surface area contributed by atoms with Crippen LogP contribution in [-0.2, 0) is 17.8 Å². The number of nitrogens with one attached hydrogen (secondary N) is 1. The molecule has 1 amide bonds. The van der Waals surface area contributed by atoms with Gasteiger partial charge in [0.05, 0.1) is 18.3 Å². The lowest BCUT2D eigenvalue weighted by molar-refractivity contribution is -0.122. The second-order valence-corrected chi connectivity index (χ2v) is 8.73. The molecule has 33 heavy (non-hydrogen) atoms. The van der Waals surface area contributed by atoms with Crippen LogP contribution in [0.4, 0.5) is 0 Å². The van der Waals surface area contributed by atoms with Crippen LogP contribution < -0.4 is 21.3 Å². The molecule has 2 aromatic heterocycles.